The Kier molecular flexibility index (Phi) is 10.1. The number of nitrogens with zero attached hydrogens (tertiary/aromatic N) is 2. The molecule has 0 unspecified atom stereocenters. The Morgan fingerprint density at radius 1 is 0.784 bits per heavy atom. The van der Waals surface area contributed by atoms with E-state index < -0.39 is 29.8 Å². The fraction of sp³-hybridized carbons (Fsp3) is 0.359. The van der Waals surface area contributed by atoms with Crippen molar-refractivity contribution >= 4 is 52.1 Å². The van der Waals surface area contributed by atoms with E-state index in [1.807, 2.05) is 30.3 Å². The van der Waals surface area contributed by atoms with Crippen LogP contribution in [0.25, 0.3) is 22.3 Å². The second-order valence-corrected chi connectivity index (χ2v) is 14.0. The normalized spacial score (nSPS) is 18.0. The van der Waals surface area contributed by atoms with Gasteiger partial charge in [-0.3, -0.25) is 19.2 Å². The Bertz CT molecular complexity index is 1930. The number of nitrogens with one attached hydrogen (secondary N) is 3. The van der Waals surface area contributed by atoms with Crippen molar-refractivity contribution < 1.29 is 33.1 Å². The van der Waals surface area contributed by atoms with Gasteiger partial charge in [0.15, 0.2) is 0 Å². The number of likely N-dealkylation sites (tertiary alicyclic amines) is 2. The van der Waals surface area contributed by atoms with Crippen LogP contribution in [-0.2, 0) is 23.9 Å². The van der Waals surface area contributed by atoms with Crippen LogP contribution in [0.2, 0.25) is 0 Å². The van der Waals surface area contributed by atoms with Crippen LogP contribution in [0.4, 0.5) is 16.2 Å². The van der Waals surface area contributed by atoms with Gasteiger partial charge in [-0.1, -0.05) is 30.3 Å². The third kappa shape index (κ3) is 8.22. The number of rotatable bonds is 8. The van der Waals surface area contributed by atoms with Gasteiger partial charge in [-0.15, -0.1) is 0 Å². The zero-order chi connectivity index (χ0) is 36.3. The molecule has 51 heavy (non-hydrogen) atoms. The van der Waals surface area contributed by atoms with E-state index >= 15 is 0 Å². The van der Waals surface area contributed by atoms with Gasteiger partial charge >= 0.3 is 6.09 Å². The van der Waals surface area contributed by atoms with Crippen LogP contribution in [0.15, 0.2) is 83.3 Å². The first-order valence-electron chi connectivity index (χ1n) is 17.2. The number of furan rings is 1. The lowest BCUT2D eigenvalue weighted by Crippen LogP contribution is -2.49. The van der Waals surface area contributed by atoms with Crippen molar-refractivity contribution in [3.63, 3.8) is 0 Å². The monoisotopic (exact) mass is 693 g/mol. The van der Waals surface area contributed by atoms with Gasteiger partial charge in [-0.05, 0) is 101 Å². The molecule has 12 heteroatoms. The Hall–Kier alpha value is -5.65. The van der Waals surface area contributed by atoms with Gasteiger partial charge in [-0.25, -0.2) is 4.79 Å². The Labute approximate surface area is 296 Å². The van der Waals surface area contributed by atoms with E-state index in [1.165, 1.54) is 11.8 Å². The maximum absolute atomic E-state index is 13.9. The molecule has 4 aromatic rings. The molecule has 6 rings (SSSR count). The number of alkyl carbamates (subject to hydrolysis) is 1. The fourth-order valence-electron chi connectivity index (χ4n) is 6.68. The second kappa shape index (κ2) is 14.7. The van der Waals surface area contributed by atoms with Crippen LogP contribution in [0.1, 0.15) is 65.0 Å². The molecule has 0 aliphatic carbocycles. The van der Waals surface area contributed by atoms with E-state index in [4.69, 9.17) is 9.15 Å². The van der Waals surface area contributed by atoms with E-state index in [-0.39, 0.29) is 23.6 Å². The van der Waals surface area contributed by atoms with Crippen LogP contribution in [0.3, 0.4) is 0 Å². The molecule has 2 aliphatic rings. The molecule has 5 amide bonds. The smallest absolute Gasteiger partial charge is 0.408 e. The van der Waals surface area contributed by atoms with E-state index in [9.17, 15) is 24.0 Å². The van der Waals surface area contributed by atoms with Gasteiger partial charge in [0.05, 0.1) is 0 Å². The van der Waals surface area contributed by atoms with Crippen molar-refractivity contribution in [3.05, 3.63) is 84.4 Å². The molecule has 1 aromatic heterocycles. The zero-order valence-electron chi connectivity index (χ0n) is 29.2. The third-order valence-corrected chi connectivity index (χ3v) is 9.06. The summed E-state index contributed by atoms with van der Waals surface area (Å²) < 4.78 is 11.5. The SMILES string of the molecule is CC(=O)N1CCC[C@H]1C(=O)Nc1ccc2oc(-c3ccc(NC(=O)[C@@H]4CCCN4C(=O)[C@H](NC(=O)OC(C)(C)C)c4ccccc4)cc3)cc2c1. The number of hydrogen-bond acceptors (Lipinski definition) is 7. The molecule has 2 aliphatic heterocycles. The maximum Gasteiger partial charge on any atom is 0.408 e. The first-order valence-corrected chi connectivity index (χ1v) is 17.2. The quantitative estimate of drug-likeness (QED) is 0.198. The van der Waals surface area contributed by atoms with E-state index in [0.717, 1.165) is 17.4 Å². The average molecular weight is 694 g/mol. The standard InChI is InChI=1S/C39H43N5O7/c1-24(45)43-20-8-12-30(43)35(46)41-29-18-19-32-27(22-29)23-33(50-32)25-14-16-28(17-15-25)40-36(47)31-13-9-21-44(31)37(48)34(26-10-6-5-7-11-26)42-38(49)51-39(2,3)4/h5-7,10-11,14-19,22-23,30-31,34H,8-9,12-13,20-21H2,1-4H3,(H,40,47)(H,41,46)(H,42,49)/t30-,31-,34+/m0/s1. The largest absolute Gasteiger partial charge is 0.456 e. The highest BCUT2D eigenvalue weighted by Crippen LogP contribution is 2.31. The minimum atomic E-state index is -1.02. The number of ether oxygens (including phenoxy) is 1. The molecule has 0 saturated carbocycles. The molecule has 266 valence electrons. The van der Waals surface area contributed by atoms with Crippen molar-refractivity contribution in [2.75, 3.05) is 23.7 Å². The molecule has 0 radical (unpaired) electrons. The third-order valence-electron chi connectivity index (χ3n) is 9.06. The Morgan fingerprint density at radius 3 is 2.04 bits per heavy atom. The highest BCUT2D eigenvalue weighted by Gasteiger charge is 2.39. The minimum Gasteiger partial charge on any atom is -0.456 e. The summed E-state index contributed by atoms with van der Waals surface area (Å²) in [5.74, 6) is -0.404. The van der Waals surface area contributed by atoms with Crippen LogP contribution < -0.4 is 16.0 Å². The van der Waals surface area contributed by atoms with Crippen LogP contribution in [0.5, 0.6) is 0 Å². The number of amides is 5. The molecule has 3 N–H and O–H groups in total. The van der Waals surface area contributed by atoms with E-state index in [0.29, 0.717) is 60.6 Å². The Balaban J connectivity index is 1.11. The van der Waals surface area contributed by atoms with Crippen molar-refractivity contribution in [2.24, 2.45) is 0 Å². The number of carbonyl (C=O) groups excluding carboxylic acids is 5. The number of benzene rings is 3. The molecular formula is C39H43N5O7. The van der Waals surface area contributed by atoms with E-state index in [2.05, 4.69) is 16.0 Å². The summed E-state index contributed by atoms with van der Waals surface area (Å²) in [4.78, 5) is 68.1. The summed E-state index contributed by atoms with van der Waals surface area (Å²) in [6, 6.07) is 21.2. The molecule has 12 nitrogen and oxygen atoms in total. The lowest BCUT2D eigenvalue weighted by Gasteiger charge is -2.29. The highest BCUT2D eigenvalue weighted by atomic mass is 16.6. The second-order valence-electron chi connectivity index (χ2n) is 14.0. The molecule has 0 spiro atoms. The fourth-order valence-corrected chi connectivity index (χ4v) is 6.68. The van der Waals surface area contributed by atoms with Gasteiger partial charge in [0, 0.05) is 42.3 Å². The summed E-state index contributed by atoms with van der Waals surface area (Å²) in [7, 11) is 0. The minimum absolute atomic E-state index is 0.106. The summed E-state index contributed by atoms with van der Waals surface area (Å²) in [5.41, 5.74) is 2.45. The van der Waals surface area contributed by atoms with Gasteiger partial charge in [0.25, 0.3) is 5.91 Å². The van der Waals surface area contributed by atoms with Crippen molar-refractivity contribution in [1.82, 2.24) is 15.1 Å². The van der Waals surface area contributed by atoms with Gasteiger partial charge in [0.2, 0.25) is 17.7 Å². The molecule has 3 heterocycles. The lowest BCUT2D eigenvalue weighted by atomic mass is 10.0. The van der Waals surface area contributed by atoms with Gasteiger partial charge in [-0.2, -0.15) is 0 Å². The highest BCUT2D eigenvalue weighted by molar-refractivity contribution is 6.00. The molecule has 2 saturated heterocycles. The zero-order valence-corrected chi connectivity index (χ0v) is 29.2. The predicted octanol–water partition coefficient (Wildman–Crippen LogP) is 6.24. The molecule has 3 aromatic carbocycles. The number of carbonyl (C=O) groups is 5. The first-order chi connectivity index (χ1) is 24.4. The molecule has 0 bridgehead atoms. The molecule has 2 fully saturated rings. The topological polar surface area (TPSA) is 150 Å². The van der Waals surface area contributed by atoms with Crippen LogP contribution >= 0.6 is 0 Å². The van der Waals surface area contributed by atoms with Crippen molar-refractivity contribution in [3.8, 4) is 11.3 Å². The van der Waals surface area contributed by atoms with Crippen LogP contribution in [-0.4, -0.2) is 70.3 Å². The predicted molar refractivity (Wildman–Crippen MR) is 193 cm³/mol. The summed E-state index contributed by atoms with van der Waals surface area (Å²) in [6.45, 7) is 7.69. The maximum atomic E-state index is 13.9. The summed E-state index contributed by atoms with van der Waals surface area (Å²) in [6.07, 6.45) is 1.85. The summed E-state index contributed by atoms with van der Waals surface area (Å²) >= 11 is 0. The Morgan fingerprint density at radius 2 is 1.39 bits per heavy atom. The summed E-state index contributed by atoms with van der Waals surface area (Å²) in [5, 5.41) is 9.39. The molecular weight excluding hydrogens is 650 g/mol. The van der Waals surface area contributed by atoms with Gasteiger partial charge < -0.3 is 34.9 Å². The van der Waals surface area contributed by atoms with Crippen LogP contribution in [0, 0.1) is 0 Å². The number of hydrogen-bond donors (Lipinski definition) is 3. The van der Waals surface area contributed by atoms with Crippen molar-refractivity contribution in [1.29, 1.82) is 0 Å². The molecule has 3 atom stereocenters. The van der Waals surface area contributed by atoms with E-state index in [1.54, 1.807) is 74.2 Å². The van der Waals surface area contributed by atoms with Gasteiger partial charge in [0.1, 0.15) is 35.1 Å². The lowest BCUT2D eigenvalue weighted by molar-refractivity contribution is -0.138. The van der Waals surface area contributed by atoms with Crippen molar-refractivity contribution in [2.45, 2.75) is 77.1 Å². The first kappa shape index (κ1) is 35.2. The number of fused-ring (bicyclic) bond motifs is 1. The number of anilines is 2. The average Bonchev–Trinajstić information content (AvgIpc) is 3.87.